The molecule has 0 saturated heterocycles. The summed E-state index contributed by atoms with van der Waals surface area (Å²) in [7, 11) is -3.93. The van der Waals surface area contributed by atoms with Crippen molar-refractivity contribution in [1.29, 1.82) is 0 Å². The van der Waals surface area contributed by atoms with Crippen molar-refractivity contribution < 1.29 is 13.3 Å². The van der Waals surface area contributed by atoms with Gasteiger partial charge in [0, 0.05) is 18.5 Å². The number of aromatic amines is 1. The molecule has 0 saturated carbocycles. The molecule has 1 aromatic carbocycles. The van der Waals surface area contributed by atoms with Gasteiger partial charge in [-0.1, -0.05) is 0 Å². The fourth-order valence-corrected chi connectivity index (χ4v) is 2.95. The van der Waals surface area contributed by atoms with Crippen molar-refractivity contribution >= 4 is 21.4 Å². The lowest BCUT2D eigenvalue weighted by Gasteiger charge is -2.12. The van der Waals surface area contributed by atoms with E-state index in [2.05, 4.69) is 14.7 Å². The number of nitro benzene ring substituents is 1. The summed E-state index contributed by atoms with van der Waals surface area (Å²) in [5.74, 6) is 0.434. The smallest absolute Gasteiger partial charge is 0.293 e. The average molecular weight is 311 g/mol. The number of hydrogen-bond acceptors (Lipinski definition) is 6. The van der Waals surface area contributed by atoms with Gasteiger partial charge in [0.25, 0.3) is 5.69 Å². The van der Waals surface area contributed by atoms with Crippen LogP contribution in [0.5, 0.6) is 0 Å². The molecule has 112 valence electrons. The summed E-state index contributed by atoms with van der Waals surface area (Å²) in [4.78, 5) is 16.6. The van der Waals surface area contributed by atoms with E-state index in [1.165, 1.54) is 18.3 Å². The first-order chi connectivity index (χ1) is 9.81. The van der Waals surface area contributed by atoms with Crippen molar-refractivity contribution in [2.75, 3.05) is 5.73 Å². The monoisotopic (exact) mass is 311 g/mol. The first kappa shape index (κ1) is 14.9. The van der Waals surface area contributed by atoms with Gasteiger partial charge in [-0.2, -0.15) is 0 Å². The van der Waals surface area contributed by atoms with Crippen molar-refractivity contribution in [1.82, 2.24) is 14.7 Å². The number of nitrogens with two attached hydrogens (primary N) is 1. The van der Waals surface area contributed by atoms with E-state index in [9.17, 15) is 18.5 Å². The van der Waals surface area contributed by atoms with E-state index >= 15 is 0 Å². The Bertz CT molecular complexity index is 757. The number of benzene rings is 1. The van der Waals surface area contributed by atoms with Gasteiger partial charge >= 0.3 is 0 Å². The van der Waals surface area contributed by atoms with Gasteiger partial charge in [-0.25, -0.2) is 18.1 Å². The Morgan fingerprint density at radius 3 is 2.76 bits per heavy atom. The summed E-state index contributed by atoms with van der Waals surface area (Å²) in [5, 5.41) is 10.8. The second kappa shape index (κ2) is 5.50. The molecule has 0 fully saturated rings. The number of rotatable bonds is 5. The van der Waals surface area contributed by atoms with Crippen LogP contribution in [-0.4, -0.2) is 23.3 Å². The van der Waals surface area contributed by atoms with Gasteiger partial charge in [-0.3, -0.25) is 10.1 Å². The molecular weight excluding hydrogens is 298 g/mol. The Balaban J connectivity index is 2.32. The van der Waals surface area contributed by atoms with E-state index in [4.69, 9.17) is 5.73 Å². The minimum absolute atomic E-state index is 0.0990. The highest BCUT2D eigenvalue weighted by molar-refractivity contribution is 7.89. The van der Waals surface area contributed by atoms with E-state index in [0.29, 0.717) is 5.82 Å². The summed E-state index contributed by atoms with van der Waals surface area (Å²) >= 11 is 0. The Morgan fingerprint density at radius 2 is 2.19 bits per heavy atom. The van der Waals surface area contributed by atoms with Crippen molar-refractivity contribution in [2.45, 2.75) is 17.9 Å². The van der Waals surface area contributed by atoms with Crippen LogP contribution < -0.4 is 10.5 Å². The molecule has 2 rings (SSSR count). The van der Waals surface area contributed by atoms with E-state index in [1.807, 2.05) is 0 Å². The van der Waals surface area contributed by atoms with Crippen molar-refractivity contribution in [3.63, 3.8) is 0 Å². The predicted octanol–water partition coefficient (Wildman–Crippen LogP) is 0.940. The topological polar surface area (TPSA) is 144 Å². The zero-order valence-corrected chi connectivity index (χ0v) is 11.8. The molecule has 1 heterocycles. The molecule has 2 aromatic rings. The Labute approximate surface area is 120 Å². The van der Waals surface area contributed by atoms with Gasteiger partial charge in [0.1, 0.15) is 11.5 Å². The fraction of sp³-hybridized carbons (Fsp3) is 0.182. The molecule has 1 unspecified atom stereocenters. The first-order valence-corrected chi connectivity index (χ1v) is 7.35. The van der Waals surface area contributed by atoms with Crippen LogP contribution in [0.4, 0.5) is 11.4 Å². The van der Waals surface area contributed by atoms with Crippen LogP contribution in [-0.2, 0) is 10.0 Å². The highest BCUT2D eigenvalue weighted by Crippen LogP contribution is 2.25. The Hall–Kier alpha value is -2.46. The number of anilines is 1. The highest BCUT2D eigenvalue weighted by atomic mass is 32.2. The van der Waals surface area contributed by atoms with Crippen LogP contribution >= 0.6 is 0 Å². The molecule has 0 aliphatic carbocycles. The number of nitrogens with zero attached hydrogens (tertiary/aromatic N) is 2. The summed E-state index contributed by atoms with van der Waals surface area (Å²) in [6, 6.07) is 2.71. The molecule has 0 amide bonds. The number of imidazole rings is 1. The lowest BCUT2D eigenvalue weighted by Crippen LogP contribution is -2.27. The second-order valence-electron chi connectivity index (χ2n) is 4.30. The third kappa shape index (κ3) is 3.17. The number of sulfonamides is 1. The Kier molecular flexibility index (Phi) is 3.91. The molecule has 0 aliphatic heterocycles. The minimum atomic E-state index is -3.93. The van der Waals surface area contributed by atoms with Gasteiger partial charge in [-0.15, -0.1) is 0 Å². The molecule has 0 aliphatic rings. The number of nitrogen functional groups attached to an aromatic ring is 1. The summed E-state index contributed by atoms with van der Waals surface area (Å²) < 4.78 is 26.8. The molecule has 4 N–H and O–H groups in total. The highest BCUT2D eigenvalue weighted by Gasteiger charge is 2.23. The maximum absolute atomic E-state index is 12.2. The van der Waals surface area contributed by atoms with Crippen LogP contribution in [0.3, 0.4) is 0 Å². The van der Waals surface area contributed by atoms with Crippen molar-refractivity contribution in [2.24, 2.45) is 0 Å². The summed E-state index contributed by atoms with van der Waals surface area (Å²) in [6.45, 7) is 1.60. The third-order valence-corrected chi connectivity index (χ3v) is 4.31. The Morgan fingerprint density at radius 1 is 1.48 bits per heavy atom. The molecule has 9 nitrogen and oxygen atoms in total. The zero-order valence-electron chi connectivity index (χ0n) is 11.0. The zero-order chi connectivity index (χ0) is 15.6. The predicted molar refractivity (Wildman–Crippen MR) is 74.8 cm³/mol. The number of nitro groups is 1. The van der Waals surface area contributed by atoms with E-state index in [1.54, 1.807) is 13.1 Å². The normalized spacial score (nSPS) is 13.0. The summed E-state index contributed by atoms with van der Waals surface area (Å²) in [5.41, 5.74) is 4.89. The maximum Gasteiger partial charge on any atom is 0.293 e. The quantitative estimate of drug-likeness (QED) is 0.426. The maximum atomic E-state index is 12.2. The molecule has 1 atom stereocenters. The van der Waals surface area contributed by atoms with Crippen molar-refractivity contribution in [3.05, 3.63) is 46.5 Å². The van der Waals surface area contributed by atoms with E-state index in [0.717, 1.165) is 6.07 Å². The van der Waals surface area contributed by atoms with Gasteiger partial charge in [0.05, 0.1) is 15.9 Å². The standard InChI is InChI=1S/C11H13N5O4S/c1-7(11-13-4-5-14-11)15-21(19,20)8-2-3-9(12)10(6-8)16(17)18/h2-7,15H,12H2,1H3,(H,13,14). The number of H-pyrrole nitrogens is 1. The third-order valence-electron chi connectivity index (χ3n) is 2.77. The number of aromatic nitrogens is 2. The molecule has 10 heteroatoms. The van der Waals surface area contributed by atoms with Gasteiger partial charge in [0.15, 0.2) is 0 Å². The summed E-state index contributed by atoms with van der Waals surface area (Å²) in [6.07, 6.45) is 3.06. The molecule has 0 spiro atoms. The van der Waals surface area contributed by atoms with Crippen LogP contribution in [0.25, 0.3) is 0 Å². The van der Waals surface area contributed by atoms with Crippen LogP contribution in [0.15, 0.2) is 35.5 Å². The van der Waals surface area contributed by atoms with Gasteiger partial charge in [0.2, 0.25) is 10.0 Å². The van der Waals surface area contributed by atoms with Crippen LogP contribution in [0.2, 0.25) is 0 Å². The number of nitrogens with one attached hydrogen (secondary N) is 2. The molecule has 0 bridgehead atoms. The van der Waals surface area contributed by atoms with Crippen molar-refractivity contribution in [3.8, 4) is 0 Å². The first-order valence-electron chi connectivity index (χ1n) is 5.87. The lowest BCUT2D eigenvalue weighted by atomic mass is 10.3. The van der Waals surface area contributed by atoms with Crippen LogP contribution in [0, 0.1) is 10.1 Å². The largest absolute Gasteiger partial charge is 0.393 e. The van der Waals surface area contributed by atoms with Gasteiger partial charge in [-0.05, 0) is 19.1 Å². The molecular formula is C11H13N5O4S. The fourth-order valence-electron chi connectivity index (χ4n) is 1.72. The molecule has 21 heavy (non-hydrogen) atoms. The van der Waals surface area contributed by atoms with E-state index in [-0.39, 0.29) is 10.6 Å². The molecule has 0 radical (unpaired) electrons. The second-order valence-corrected chi connectivity index (χ2v) is 6.01. The molecule has 1 aromatic heterocycles. The number of hydrogen-bond donors (Lipinski definition) is 3. The average Bonchev–Trinajstić information content (AvgIpc) is 2.92. The van der Waals surface area contributed by atoms with E-state index < -0.39 is 26.7 Å². The minimum Gasteiger partial charge on any atom is -0.393 e. The SMILES string of the molecule is CC(NS(=O)(=O)c1ccc(N)c([N+](=O)[O-])c1)c1ncc[nH]1. The lowest BCUT2D eigenvalue weighted by molar-refractivity contribution is -0.384. The van der Waals surface area contributed by atoms with Crippen LogP contribution in [0.1, 0.15) is 18.8 Å². The van der Waals surface area contributed by atoms with Gasteiger partial charge < -0.3 is 10.7 Å².